The van der Waals surface area contributed by atoms with E-state index in [9.17, 15) is 9.18 Å². The van der Waals surface area contributed by atoms with Crippen molar-refractivity contribution in [1.82, 2.24) is 0 Å². The van der Waals surface area contributed by atoms with Crippen LogP contribution in [0.15, 0.2) is 16.5 Å². The summed E-state index contributed by atoms with van der Waals surface area (Å²) in [7, 11) is 0. The summed E-state index contributed by atoms with van der Waals surface area (Å²) in [5, 5.41) is 0.299. The van der Waals surface area contributed by atoms with Gasteiger partial charge in [0.2, 0.25) is 5.22 Å². The highest BCUT2D eigenvalue weighted by atomic mass is 35.5. The second kappa shape index (κ2) is 3.26. The van der Waals surface area contributed by atoms with Crippen LogP contribution in [0.1, 0.15) is 10.4 Å². The first-order valence-corrected chi connectivity index (χ1v) is 4.41. The lowest BCUT2D eigenvalue weighted by Crippen LogP contribution is -1.79. The molecule has 0 saturated carbocycles. The molecule has 2 nitrogen and oxygen atoms in total. The number of hydrogen-bond acceptors (Lipinski definition) is 2. The first-order chi connectivity index (χ1) is 6.63. The molecule has 14 heavy (non-hydrogen) atoms. The molecule has 0 saturated heterocycles. The topological polar surface area (TPSA) is 30.2 Å². The van der Waals surface area contributed by atoms with Crippen molar-refractivity contribution in [1.29, 1.82) is 0 Å². The molecule has 0 aliphatic rings. The summed E-state index contributed by atoms with van der Waals surface area (Å²) in [6, 6.07) is 2.25. The predicted molar refractivity (Wildman–Crippen MR) is 51.6 cm³/mol. The molecule has 1 aromatic carbocycles. The highest BCUT2D eigenvalue weighted by Gasteiger charge is 2.15. The summed E-state index contributed by atoms with van der Waals surface area (Å²) in [4.78, 5) is 10.6. The molecular weight excluding hydrogens is 230 g/mol. The van der Waals surface area contributed by atoms with Crippen molar-refractivity contribution in [2.24, 2.45) is 0 Å². The summed E-state index contributed by atoms with van der Waals surface area (Å²) < 4.78 is 17.9. The molecule has 0 fully saturated rings. The summed E-state index contributed by atoms with van der Waals surface area (Å²) >= 11 is 11.3. The molecule has 1 heterocycles. The van der Waals surface area contributed by atoms with Crippen LogP contribution in [0.25, 0.3) is 11.0 Å². The smallest absolute Gasteiger partial charge is 0.205 e. The Morgan fingerprint density at radius 1 is 1.36 bits per heavy atom. The fraction of sp³-hybridized carbons (Fsp3) is 0. The van der Waals surface area contributed by atoms with Gasteiger partial charge in [-0.05, 0) is 23.7 Å². The molecule has 0 radical (unpaired) electrons. The van der Waals surface area contributed by atoms with Crippen molar-refractivity contribution in [2.75, 3.05) is 0 Å². The van der Waals surface area contributed by atoms with Crippen LogP contribution in [0.5, 0.6) is 0 Å². The highest BCUT2D eigenvalue weighted by molar-refractivity contribution is 6.37. The van der Waals surface area contributed by atoms with E-state index >= 15 is 0 Å². The predicted octanol–water partition coefficient (Wildman–Crippen LogP) is 3.69. The van der Waals surface area contributed by atoms with E-state index in [1.807, 2.05) is 0 Å². The number of hydrogen-bond donors (Lipinski definition) is 0. The van der Waals surface area contributed by atoms with Gasteiger partial charge in [-0.25, -0.2) is 4.39 Å². The normalized spacial score (nSPS) is 10.8. The monoisotopic (exact) mass is 232 g/mol. The standard InChI is InChI=1S/C9H3Cl2FO2/c10-7-2-4(12)1-5-6(3-13)9(11)14-8(5)7/h1-3H. The first-order valence-electron chi connectivity index (χ1n) is 3.65. The molecule has 2 rings (SSSR count). The lowest BCUT2D eigenvalue weighted by atomic mass is 10.2. The van der Waals surface area contributed by atoms with Gasteiger partial charge in [-0.1, -0.05) is 11.6 Å². The van der Waals surface area contributed by atoms with E-state index in [4.69, 9.17) is 27.6 Å². The lowest BCUT2D eigenvalue weighted by molar-refractivity contribution is 0.112. The van der Waals surface area contributed by atoms with Gasteiger partial charge in [0.05, 0.1) is 10.6 Å². The Hall–Kier alpha value is -1.06. The minimum Gasteiger partial charge on any atom is -0.442 e. The van der Waals surface area contributed by atoms with Crippen LogP contribution < -0.4 is 0 Å². The van der Waals surface area contributed by atoms with E-state index in [1.54, 1.807) is 0 Å². The summed E-state index contributed by atoms with van der Waals surface area (Å²) in [5.74, 6) is -0.539. The summed E-state index contributed by atoms with van der Waals surface area (Å²) in [6.45, 7) is 0. The number of furan rings is 1. The molecular formula is C9H3Cl2FO2. The average Bonchev–Trinajstić information content (AvgIpc) is 2.41. The zero-order valence-corrected chi connectivity index (χ0v) is 8.19. The summed E-state index contributed by atoms with van der Waals surface area (Å²) in [6.07, 6.45) is 0.504. The van der Waals surface area contributed by atoms with Gasteiger partial charge in [-0.3, -0.25) is 4.79 Å². The van der Waals surface area contributed by atoms with Gasteiger partial charge in [0.1, 0.15) is 5.82 Å². The third-order valence-corrected chi connectivity index (χ3v) is 2.38. The van der Waals surface area contributed by atoms with Crippen LogP contribution in [-0.2, 0) is 0 Å². The molecule has 5 heteroatoms. The molecule has 0 aliphatic carbocycles. The minimum absolute atomic E-state index is 0.0810. The molecule has 0 unspecified atom stereocenters. The number of fused-ring (bicyclic) bond motifs is 1. The van der Waals surface area contributed by atoms with E-state index < -0.39 is 5.82 Å². The van der Waals surface area contributed by atoms with E-state index in [-0.39, 0.29) is 26.8 Å². The molecule has 0 amide bonds. The van der Waals surface area contributed by atoms with E-state index in [1.165, 1.54) is 0 Å². The molecule has 72 valence electrons. The second-order valence-electron chi connectivity index (χ2n) is 2.67. The number of carbonyl (C=O) groups is 1. The first kappa shape index (κ1) is 9.49. The van der Waals surface area contributed by atoms with Crippen LogP contribution in [0.2, 0.25) is 10.2 Å². The van der Waals surface area contributed by atoms with Crippen LogP contribution in [-0.4, -0.2) is 6.29 Å². The number of halogens is 3. The number of carbonyl (C=O) groups excluding carboxylic acids is 1. The fourth-order valence-electron chi connectivity index (χ4n) is 1.22. The van der Waals surface area contributed by atoms with Crippen molar-refractivity contribution in [3.05, 3.63) is 33.8 Å². The lowest BCUT2D eigenvalue weighted by Gasteiger charge is -1.92. The van der Waals surface area contributed by atoms with Gasteiger partial charge in [-0.15, -0.1) is 0 Å². The zero-order valence-electron chi connectivity index (χ0n) is 6.68. The maximum atomic E-state index is 12.9. The number of benzene rings is 1. The largest absolute Gasteiger partial charge is 0.442 e. The van der Waals surface area contributed by atoms with Crippen molar-refractivity contribution in [3.63, 3.8) is 0 Å². The van der Waals surface area contributed by atoms with Crippen molar-refractivity contribution in [2.45, 2.75) is 0 Å². The maximum Gasteiger partial charge on any atom is 0.205 e. The fourth-order valence-corrected chi connectivity index (χ4v) is 1.69. The van der Waals surface area contributed by atoms with E-state index in [0.29, 0.717) is 6.29 Å². The van der Waals surface area contributed by atoms with Crippen molar-refractivity contribution < 1.29 is 13.6 Å². The Bertz CT molecular complexity index is 519. The number of aldehydes is 1. The third kappa shape index (κ3) is 1.29. The van der Waals surface area contributed by atoms with Crippen LogP contribution in [0.4, 0.5) is 4.39 Å². The Kier molecular flexibility index (Phi) is 2.21. The molecule has 0 spiro atoms. The summed E-state index contributed by atoms with van der Waals surface area (Å²) in [5.41, 5.74) is 0.336. The highest BCUT2D eigenvalue weighted by Crippen LogP contribution is 2.33. The molecule has 1 aromatic heterocycles. The Morgan fingerprint density at radius 3 is 2.71 bits per heavy atom. The minimum atomic E-state index is -0.539. The zero-order chi connectivity index (χ0) is 10.3. The van der Waals surface area contributed by atoms with E-state index in [2.05, 4.69) is 0 Å². The van der Waals surface area contributed by atoms with Crippen LogP contribution >= 0.6 is 23.2 Å². The Balaban J connectivity index is 2.94. The molecule has 0 bridgehead atoms. The van der Waals surface area contributed by atoms with Gasteiger partial charge < -0.3 is 4.42 Å². The van der Waals surface area contributed by atoms with Crippen LogP contribution in [0.3, 0.4) is 0 Å². The van der Waals surface area contributed by atoms with E-state index in [0.717, 1.165) is 12.1 Å². The van der Waals surface area contributed by atoms with Crippen molar-refractivity contribution >= 4 is 40.5 Å². The Labute approximate surface area is 88.2 Å². The third-order valence-electron chi connectivity index (χ3n) is 1.82. The van der Waals surface area contributed by atoms with Crippen LogP contribution in [0, 0.1) is 5.82 Å². The molecule has 0 aliphatic heterocycles. The SMILES string of the molecule is O=Cc1c(Cl)oc2c(Cl)cc(F)cc12. The van der Waals surface area contributed by atoms with Gasteiger partial charge in [0.25, 0.3) is 0 Å². The van der Waals surface area contributed by atoms with Gasteiger partial charge in [-0.2, -0.15) is 0 Å². The van der Waals surface area contributed by atoms with Gasteiger partial charge in [0.15, 0.2) is 11.9 Å². The van der Waals surface area contributed by atoms with Crippen molar-refractivity contribution in [3.8, 4) is 0 Å². The molecule has 0 N–H and O–H groups in total. The number of rotatable bonds is 1. The van der Waals surface area contributed by atoms with Gasteiger partial charge >= 0.3 is 0 Å². The maximum absolute atomic E-state index is 12.9. The Morgan fingerprint density at radius 2 is 2.07 bits per heavy atom. The molecule has 0 atom stereocenters. The molecule has 2 aromatic rings. The second-order valence-corrected chi connectivity index (χ2v) is 3.42. The van der Waals surface area contributed by atoms with Gasteiger partial charge in [0, 0.05) is 5.39 Å². The average molecular weight is 233 g/mol. The quantitative estimate of drug-likeness (QED) is 0.703.